The smallest absolute Gasteiger partial charge is 0.128 e. The quantitative estimate of drug-likeness (QED) is 0.529. The molecule has 0 saturated carbocycles. The lowest BCUT2D eigenvalue weighted by Crippen LogP contribution is -2.42. The molecular formula is C5H9N3O. The van der Waals surface area contributed by atoms with Crippen LogP contribution in [-0.2, 0) is 0 Å². The summed E-state index contributed by atoms with van der Waals surface area (Å²) < 4.78 is 0. The molecule has 0 saturated heterocycles. The zero-order valence-electron chi connectivity index (χ0n) is 5.46. The second-order valence-electron chi connectivity index (χ2n) is 2.45. The third-order valence-corrected chi connectivity index (χ3v) is 1.31. The summed E-state index contributed by atoms with van der Waals surface area (Å²) in [6, 6.07) is 0. The van der Waals surface area contributed by atoms with Crippen molar-refractivity contribution in [2.45, 2.75) is 19.5 Å². The number of hydrogen-bond donors (Lipinski definition) is 1. The van der Waals surface area contributed by atoms with E-state index in [1.54, 1.807) is 12.4 Å². The Morgan fingerprint density at radius 1 is 1.67 bits per heavy atom. The highest BCUT2D eigenvalue weighted by Gasteiger charge is 2.27. The van der Waals surface area contributed by atoms with Crippen LogP contribution in [0.1, 0.15) is 13.8 Å². The Labute approximate surface area is 53.5 Å². The third kappa shape index (κ3) is 0.872. The summed E-state index contributed by atoms with van der Waals surface area (Å²) in [5.41, 5.74) is -0.345. The maximum Gasteiger partial charge on any atom is 0.128 e. The highest BCUT2D eigenvalue weighted by Crippen LogP contribution is 2.15. The van der Waals surface area contributed by atoms with E-state index in [1.165, 1.54) is 5.01 Å². The topological polar surface area (TPSA) is 44.7 Å². The summed E-state index contributed by atoms with van der Waals surface area (Å²) in [6.45, 7) is 3.74. The van der Waals surface area contributed by atoms with E-state index in [2.05, 4.69) is 10.6 Å². The minimum absolute atomic E-state index is 0.345. The third-order valence-electron chi connectivity index (χ3n) is 1.31. The summed E-state index contributed by atoms with van der Waals surface area (Å²) in [6.07, 6.45) is 3.30. The first kappa shape index (κ1) is 6.07. The van der Waals surface area contributed by atoms with Crippen LogP contribution in [0.3, 0.4) is 0 Å². The lowest BCUT2D eigenvalue weighted by atomic mass is 10.3. The molecule has 0 amide bonds. The van der Waals surface area contributed by atoms with Crippen LogP contribution in [0.5, 0.6) is 0 Å². The second kappa shape index (κ2) is 1.72. The van der Waals surface area contributed by atoms with Crippen molar-refractivity contribution >= 4 is 0 Å². The fourth-order valence-corrected chi connectivity index (χ4v) is 0.694. The molecule has 0 bridgehead atoms. The van der Waals surface area contributed by atoms with Crippen molar-refractivity contribution in [3.8, 4) is 0 Å². The van der Waals surface area contributed by atoms with Gasteiger partial charge in [-0.2, -0.15) is 0 Å². The van der Waals surface area contributed by atoms with E-state index in [4.69, 9.17) is 0 Å². The Kier molecular flexibility index (Phi) is 1.16. The highest BCUT2D eigenvalue weighted by atomic mass is 16.3. The molecule has 4 heteroatoms. The maximum absolute atomic E-state index is 10.0. The van der Waals surface area contributed by atoms with Crippen LogP contribution in [0.4, 0.5) is 0 Å². The Balaban J connectivity index is 2.71. The Bertz CT molecular complexity index is 152. The highest BCUT2D eigenvalue weighted by molar-refractivity contribution is 4.97. The van der Waals surface area contributed by atoms with Crippen molar-refractivity contribution in [1.29, 1.82) is 0 Å². The first-order valence-corrected chi connectivity index (χ1v) is 2.74. The van der Waals surface area contributed by atoms with Crippen LogP contribution in [0.25, 0.3) is 0 Å². The molecule has 1 aliphatic rings. The van der Waals surface area contributed by atoms with Crippen LogP contribution < -0.4 is 5.32 Å². The molecule has 0 atom stereocenters. The molecule has 9 heavy (non-hydrogen) atoms. The first-order chi connectivity index (χ1) is 4.17. The van der Waals surface area contributed by atoms with Crippen LogP contribution in [0.2, 0.25) is 0 Å². The molecule has 0 aromatic carbocycles. The largest absolute Gasteiger partial charge is 0.366 e. The van der Waals surface area contributed by atoms with Gasteiger partial charge in [0.05, 0.1) is 5.29 Å². The van der Waals surface area contributed by atoms with Crippen LogP contribution >= 0.6 is 0 Å². The van der Waals surface area contributed by atoms with Gasteiger partial charge in [0, 0.05) is 12.4 Å². The van der Waals surface area contributed by atoms with E-state index in [0.717, 1.165) is 0 Å². The molecule has 1 N–H and O–H groups in total. The fraction of sp³-hybridized carbons (Fsp3) is 0.600. The molecule has 1 aliphatic heterocycles. The molecule has 4 nitrogen and oxygen atoms in total. The van der Waals surface area contributed by atoms with Crippen LogP contribution in [-0.4, -0.2) is 10.7 Å². The van der Waals surface area contributed by atoms with Crippen molar-refractivity contribution in [2.75, 3.05) is 0 Å². The molecule has 0 fully saturated rings. The lowest BCUT2D eigenvalue weighted by Gasteiger charge is -2.24. The normalized spacial score (nSPS) is 21.8. The number of nitrogens with one attached hydrogen (secondary N) is 1. The lowest BCUT2D eigenvalue weighted by molar-refractivity contribution is 0.189. The fourth-order valence-electron chi connectivity index (χ4n) is 0.694. The van der Waals surface area contributed by atoms with Crippen LogP contribution in [0, 0.1) is 4.91 Å². The van der Waals surface area contributed by atoms with Crippen molar-refractivity contribution in [1.82, 2.24) is 10.3 Å². The Hall–Kier alpha value is -1.06. The Morgan fingerprint density at radius 2 is 2.33 bits per heavy atom. The van der Waals surface area contributed by atoms with Gasteiger partial charge in [0.15, 0.2) is 0 Å². The predicted octanol–water partition coefficient (Wildman–Crippen LogP) is 0.780. The van der Waals surface area contributed by atoms with E-state index >= 15 is 0 Å². The molecule has 0 unspecified atom stereocenters. The van der Waals surface area contributed by atoms with Gasteiger partial charge in [0.25, 0.3) is 0 Å². The number of nitroso groups, excluding NO2 is 1. The summed E-state index contributed by atoms with van der Waals surface area (Å²) in [4.78, 5) is 10.0. The zero-order chi connectivity index (χ0) is 6.91. The van der Waals surface area contributed by atoms with Crippen molar-refractivity contribution in [2.24, 2.45) is 5.29 Å². The van der Waals surface area contributed by atoms with Crippen LogP contribution in [0.15, 0.2) is 17.7 Å². The molecule has 1 heterocycles. The molecule has 0 aromatic rings. The van der Waals surface area contributed by atoms with Gasteiger partial charge >= 0.3 is 0 Å². The zero-order valence-corrected chi connectivity index (χ0v) is 5.46. The van der Waals surface area contributed by atoms with Gasteiger partial charge in [-0.15, -0.1) is 4.91 Å². The molecular weight excluding hydrogens is 118 g/mol. The summed E-state index contributed by atoms with van der Waals surface area (Å²) in [5.74, 6) is 0. The van der Waals surface area contributed by atoms with E-state index in [9.17, 15) is 4.91 Å². The number of hydrogen-bond acceptors (Lipinski definition) is 3. The standard InChI is InChI=1S/C5H9N3O/c1-5(2)6-3-4-8(5)7-9/h3-4,6H,1-2H3. The van der Waals surface area contributed by atoms with Crippen molar-refractivity contribution in [3.63, 3.8) is 0 Å². The number of rotatable bonds is 1. The van der Waals surface area contributed by atoms with Gasteiger partial charge in [-0.1, -0.05) is 0 Å². The summed E-state index contributed by atoms with van der Waals surface area (Å²) in [5, 5.41) is 7.05. The second-order valence-corrected chi connectivity index (χ2v) is 2.45. The molecule has 0 aromatic heterocycles. The van der Waals surface area contributed by atoms with Gasteiger partial charge in [-0.25, -0.2) is 5.01 Å². The number of nitrogens with zero attached hydrogens (tertiary/aromatic N) is 2. The average Bonchev–Trinajstić information content (AvgIpc) is 2.08. The average molecular weight is 127 g/mol. The van der Waals surface area contributed by atoms with Gasteiger partial charge in [0.2, 0.25) is 0 Å². The SMILES string of the molecule is CC1(C)NC=CN1N=O. The van der Waals surface area contributed by atoms with E-state index in [0.29, 0.717) is 0 Å². The van der Waals surface area contributed by atoms with E-state index < -0.39 is 0 Å². The Morgan fingerprint density at radius 3 is 2.56 bits per heavy atom. The summed E-state index contributed by atoms with van der Waals surface area (Å²) >= 11 is 0. The van der Waals surface area contributed by atoms with Gasteiger partial charge in [-0.3, -0.25) is 0 Å². The van der Waals surface area contributed by atoms with Crippen molar-refractivity contribution < 1.29 is 0 Å². The summed E-state index contributed by atoms with van der Waals surface area (Å²) in [7, 11) is 0. The van der Waals surface area contributed by atoms with Gasteiger partial charge < -0.3 is 5.32 Å². The molecule has 50 valence electrons. The molecule has 0 spiro atoms. The minimum atomic E-state index is -0.345. The predicted molar refractivity (Wildman–Crippen MR) is 34.0 cm³/mol. The van der Waals surface area contributed by atoms with Crippen molar-refractivity contribution in [3.05, 3.63) is 17.3 Å². The first-order valence-electron chi connectivity index (χ1n) is 2.74. The van der Waals surface area contributed by atoms with E-state index in [-0.39, 0.29) is 5.66 Å². The van der Waals surface area contributed by atoms with Gasteiger partial charge in [0.1, 0.15) is 5.66 Å². The molecule has 1 rings (SSSR count). The maximum atomic E-state index is 10.0. The van der Waals surface area contributed by atoms with E-state index in [1.807, 2.05) is 13.8 Å². The molecule has 0 aliphatic carbocycles. The molecule has 0 radical (unpaired) electrons. The van der Waals surface area contributed by atoms with Gasteiger partial charge in [-0.05, 0) is 13.8 Å². The minimum Gasteiger partial charge on any atom is -0.366 e. The monoisotopic (exact) mass is 127 g/mol.